The molecule has 2 rings (SSSR count). The number of ether oxygens (including phenoxy) is 1. The van der Waals surface area contributed by atoms with Gasteiger partial charge in [-0.25, -0.2) is 0 Å². The molecule has 0 N–H and O–H groups in total. The SMILES string of the molecule is C=CCOc1ccccc1C(C)=Cc1ccccc1. The molecule has 0 atom stereocenters. The molecule has 0 aliphatic heterocycles. The maximum Gasteiger partial charge on any atom is 0.127 e. The molecule has 0 saturated carbocycles. The Bertz CT molecular complexity index is 567. The molecular weight excluding hydrogens is 232 g/mol. The van der Waals surface area contributed by atoms with Crippen molar-refractivity contribution < 1.29 is 4.74 Å². The van der Waals surface area contributed by atoms with Gasteiger partial charge in [-0.05, 0) is 24.1 Å². The lowest BCUT2D eigenvalue weighted by atomic mass is 10.0. The largest absolute Gasteiger partial charge is 0.489 e. The van der Waals surface area contributed by atoms with Crippen LogP contribution in [0.4, 0.5) is 0 Å². The second-order valence-electron chi connectivity index (χ2n) is 4.33. The van der Waals surface area contributed by atoms with Crippen molar-refractivity contribution in [2.45, 2.75) is 6.92 Å². The predicted molar refractivity (Wildman–Crippen MR) is 82.1 cm³/mol. The molecule has 0 radical (unpaired) electrons. The van der Waals surface area contributed by atoms with Gasteiger partial charge in [0.2, 0.25) is 0 Å². The fourth-order valence-electron chi connectivity index (χ4n) is 1.94. The van der Waals surface area contributed by atoms with E-state index in [4.69, 9.17) is 4.74 Å². The third-order valence-electron chi connectivity index (χ3n) is 2.85. The summed E-state index contributed by atoms with van der Waals surface area (Å²) < 4.78 is 5.69. The molecule has 96 valence electrons. The Kier molecular flexibility index (Phi) is 4.57. The molecule has 0 aliphatic carbocycles. The topological polar surface area (TPSA) is 9.23 Å². The lowest BCUT2D eigenvalue weighted by molar-refractivity contribution is 0.362. The van der Waals surface area contributed by atoms with E-state index < -0.39 is 0 Å². The highest BCUT2D eigenvalue weighted by Gasteiger charge is 2.04. The van der Waals surface area contributed by atoms with Crippen molar-refractivity contribution >= 4 is 11.6 Å². The van der Waals surface area contributed by atoms with Gasteiger partial charge in [-0.3, -0.25) is 0 Å². The zero-order valence-corrected chi connectivity index (χ0v) is 11.2. The van der Waals surface area contributed by atoms with E-state index in [1.54, 1.807) is 6.08 Å². The lowest BCUT2D eigenvalue weighted by Gasteiger charge is -2.10. The van der Waals surface area contributed by atoms with Gasteiger partial charge < -0.3 is 4.74 Å². The highest BCUT2D eigenvalue weighted by molar-refractivity contribution is 5.82. The van der Waals surface area contributed by atoms with E-state index in [2.05, 4.69) is 37.8 Å². The minimum atomic E-state index is 0.523. The average Bonchev–Trinajstić information content (AvgIpc) is 2.46. The van der Waals surface area contributed by atoms with Crippen molar-refractivity contribution in [3.05, 3.63) is 78.4 Å². The first kappa shape index (κ1) is 13.2. The van der Waals surface area contributed by atoms with Gasteiger partial charge in [-0.2, -0.15) is 0 Å². The Balaban J connectivity index is 2.30. The van der Waals surface area contributed by atoms with Gasteiger partial charge in [0, 0.05) is 5.56 Å². The Morgan fingerprint density at radius 2 is 1.74 bits per heavy atom. The summed E-state index contributed by atoms with van der Waals surface area (Å²) in [5.74, 6) is 0.895. The molecule has 0 spiro atoms. The number of hydrogen-bond donors (Lipinski definition) is 0. The summed E-state index contributed by atoms with van der Waals surface area (Å²) >= 11 is 0. The maximum absolute atomic E-state index is 5.69. The molecule has 0 saturated heterocycles. The number of benzene rings is 2. The summed E-state index contributed by atoms with van der Waals surface area (Å²) in [6.45, 7) is 6.30. The Labute approximate surface area is 114 Å². The van der Waals surface area contributed by atoms with Crippen LogP contribution in [0.25, 0.3) is 11.6 Å². The van der Waals surface area contributed by atoms with E-state index in [9.17, 15) is 0 Å². The zero-order chi connectivity index (χ0) is 13.5. The Morgan fingerprint density at radius 3 is 2.47 bits per heavy atom. The first-order valence-corrected chi connectivity index (χ1v) is 6.37. The fraction of sp³-hybridized carbons (Fsp3) is 0.111. The first-order chi connectivity index (χ1) is 9.31. The van der Waals surface area contributed by atoms with Crippen molar-refractivity contribution in [1.82, 2.24) is 0 Å². The van der Waals surface area contributed by atoms with E-state index in [0.717, 1.165) is 11.3 Å². The highest BCUT2D eigenvalue weighted by Crippen LogP contribution is 2.27. The van der Waals surface area contributed by atoms with E-state index in [1.165, 1.54) is 11.1 Å². The first-order valence-electron chi connectivity index (χ1n) is 6.37. The minimum absolute atomic E-state index is 0.523. The van der Waals surface area contributed by atoms with Gasteiger partial charge in [0.25, 0.3) is 0 Å². The number of rotatable bonds is 5. The van der Waals surface area contributed by atoms with Crippen LogP contribution in [0.1, 0.15) is 18.1 Å². The van der Waals surface area contributed by atoms with Gasteiger partial charge in [-0.15, -0.1) is 0 Å². The van der Waals surface area contributed by atoms with Crippen LogP contribution in [0, 0.1) is 0 Å². The van der Waals surface area contributed by atoms with Gasteiger partial charge in [0.1, 0.15) is 12.4 Å². The Hall–Kier alpha value is -2.28. The molecule has 19 heavy (non-hydrogen) atoms. The third-order valence-corrected chi connectivity index (χ3v) is 2.85. The minimum Gasteiger partial charge on any atom is -0.489 e. The summed E-state index contributed by atoms with van der Waals surface area (Å²) in [6, 6.07) is 18.4. The van der Waals surface area contributed by atoms with Crippen molar-refractivity contribution in [2.24, 2.45) is 0 Å². The number of para-hydroxylation sites is 1. The normalized spacial score (nSPS) is 11.1. The standard InChI is InChI=1S/C18H18O/c1-3-13-19-18-12-8-7-11-17(18)15(2)14-16-9-5-4-6-10-16/h3-12,14H,1,13H2,2H3. The van der Waals surface area contributed by atoms with Crippen LogP contribution in [0.15, 0.2) is 67.3 Å². The summed E-state index contributed by atoms with van der Waals surface area (Å²) in [4.78, 5) is 0. The van der Waals surface area contributed by atoms with Crippen LogP contribution in [0.2, 0.25) is 0 Å². The Morgan fingerprint density at radius 1 is 1.05 bits per heavy atom. The van der Waals surface area contributed by atoms with Crippen molar-refractivity contribution in [2.75, 3.05) is 6.61 Å². The average molecular weight is 250 g/mol. The van der Waals surface area contributed by atoms with Crippen LogP contribution in [0.3, 0.4) is 0 Å². The fourth-order valence-corrected chi connectivity index (χ4v) is 1.94. The maximum atomic E-state index is 5.69. The molecule has 0 aliphatic rings. The summed E-state index contributed by atoms with van der Waals surface area (Å²) in [6.07, 6.45) is 3.92. The monoisotopic (exact) mass is 250 g/mol. The van der Waals surface area contributed by atoms with Gasteiger partial charge in [-0.1, -0.05) is 67.3 Å². The molecule has 1 heteroatoms. The summed E-state index contributed by atoms with van der Waals surface area (Å²) in [5.41, 5.74) is 3.50. The molecule has 2 aromatic rings. The van der Waals surface area contributed by atoms with E-state index in [-0.39, 0.29) is 0 Å². The summed E-state index contributed by atoms with van der Waals surface area (Å²) in [7, 11) is 0. The molecule has 0 aromatic heterocycles. The van der Waals surface area contributed by atoms with Crippen LogP contribution in [-0.4, -0.2) is 6.61 Å². The van der Waals surface area contributed by atoms with E-state index in [1.807, 2.05) is 36.4 Å². The third kappa shape index (κ3) is 3.59. The second kappa shape index (κ2) is 6.60. The van der Waals surface area contributed by atoms with E-state index >= 15 is 0 Å². The lowest BCUT2D eigenvalue weighted by Crippen LogP contribution is -1.96. The van der Waals surface area contributed by atoms with Crippen LogP contribution >= 0.6 is 0 Å². The molecule has 1 nitrogen and oxygen atoms in total. The summed E-state index contributed by atoms with van der Waals surface area (Å²) in [5, 5.41) is 0. The molecule has 0 heterocycles. The van der Waals surface area contributed by atoms with Crippen LogP contribution in [0.5, 0.6) is 5.75 Å². The molecule has 0 fully saturated rings. The van der Waals surface area contributed by atoms with Crippen molar-refractivity contribution in [1.29, 1.82) is 0 Å². The molecule has 2 aromatic carbocycles. The zero-order valence-electron chi connectivity index (χ0n) is 11.2. The predicted octanol–water partition coefficient (Wildman–Crippen LogP) is 4.81. The van der Waals surface area contributed by atoms with Gasteiger partial charge >= 0.3 is 0 Å². The smallest absolute Gasteiger partial charge is 0.127 e. The molecule has 0 unspecified atom stereocenters. The van der Waals surface area contributed by atoms with Crippen molar-refractivity contribution in [3.63, 3.8) is 0 Å². The molecule has 0 bridgehead atoms. The molecular formula is C18H18O. The number of allylic oxidation sites excluding steroid dienone is 1. The second-order valence-corrected chi connectivity index (χ2v) is 4.33. The van der Waals surface area contributed by atoms with Gasteiger partial charge in [0.05, 0.1) is 0 Å². The molecule has 0 amide bonds. The van der Waals surface area contributed by atoms with Crippen LogP contribution < -0.4 is 4.74 Å². The quantitative estimate of drug-likeness (QED) is 0.546. The van der Waals surface area contributed by atoms with Crippen molar-refractivity contribution in [3.8, 4) is 5.75 Å². The van der Waals surface area contributed by atoms with Crippen LogP contribution in [-0.2, 0) is 0 Å². The van der Waals surface area contributed by atoms with E-state index in [0.29, 0.717) is 6.61 Å². The van der Waals surface area contributed by atoms with Gasteiger partial charge in [0.15, 0.2) is 0 Å². The number of hydrogen-bond acceptors (Lipinski definition) is 1. The highest BCUT2D eigenvalue weighted by atomic mass is 16.5.